The van der Waals surface area contributed by atoms with Gasteiger partial charge in [0.25, 0.3) is 10.1 Å². The molecule has 0 rings (SSSR count). The van der Waals surface area contributed by atoms with Crippen LogP contribution in [0.1, 0.15) is 20.8 Å². The number of hydrogen-bond donors (Lipinski definition) is 0. The van der Waals surface area contributed by atoms with E-state index in [1.54, 1.807) is 6.92 Å². The van der Waals surface area contributed by atoms with Gasteiger partial charge in [-0.25, -0.2) is 0 Å². The average molecular weight is 254 g/mol. The molecular weight excluding hydrogens is 232 g/mol. The van der Waals surface area contributed by atoms with Crippen molar-refractivity contribution in [2.45, 2.75) is 39.9 Å². The van der Waals surface area contributed by atoms with E-state index in [2.05, 4.69) is 18.0 Å². The summed E-state index contributed by atoms with van der Waals surface area (Å²) in [5.74, 6) is 0.216. The van der Waals surface area contributed by atoms with Crippen LogP contribution in [-0.2, 0) is 18.7 Å². The lowest BCUT2D eigenvalue weighted by Crippen LogP contribution is -2.34. The largest absolute Gasteiger partial charge is 0.402 e. The molecule has 0 aromatic heterocycles. The predicted octanol–water partition coefficient (Wildman–Crippen LogP) is 2.19. The van der Waals surface area contributed by atoms with Gasteiger partial charge in [0.1, 0.15) is 0 Å². The SMILES string of the molecule is CCOS(=O)(=O)CO[Si](C)(C)CC(C)C. The van der Waals surface area contributed by atoms with Crippen molar-refractivity contribution in [3.63, 3.8) is 0 Å². The first-order chi connectivity index (χ1) is 6.68. The monoisotopic (exact) mass is 254 g/mol. The maximum Gasteiger partial charge on any atom is 0.290 e. The molecule has 0 aromatic carbocycles. The summed E-state index contributed by atoms with van der Waals surface area (Å²) in [6.07, 6.45) is 0. The van der Waals surface area contributed by atoms with Crippen LogP contribution in [0.15, 0.2) is 0 Å². The Bertz CT molecular complexity index is 272. The standard InChI is InChI=1S/C9H22O4SSi/c1-6-12-14(10,11)8-13-15(4,5)7-9(2)3/h9H,6-8H2,1-5H3. The van der Waals surface area contributed by atoms with Crippen LogP contribution in [-0.4, -0.2) is 29.3 Å². The van der Waals surface area contributed by atoms with Gasteiger partial charge in [-0.2, -0.15) is 8.42 Å². The van der Waals surface area contributed by atoms with Crippen LogP contribution in [0.25, 0.3) is 0 Å². The molecule has 0 aromatic rings. The molecule has 0 bridgehead atoms. The van der Waals surface area contributed by atoms with Crippen LogP contribution in [0.5, 0.6) is 0 Å². The van der Waals surface area contributed by atoms with Crippen LogP contribution < -0.4 is 0 Å². The van der Waals surface area contributed by atoms with Crippen molar-refractivity contribution < 1.29 is 17.0 Å². The van der Waals surface area contributed by atoms with Crippen LogP contribution in [0, 0.1) is 5.92 Å². The van der Waals surface area contributed by atoms with Crippen molar-refractivity contribution >= 4 is 18.4 Å². The topological polar surface area (TPSA) is 52.6 Å². The molecular formula is C9H22O4SSi. The first-order valence-electron chi connectivity index (χ1n) is 5.19. The van der Waals surface area contributed by atoms with Gasteiger partial charge in [0.05, 0.1) is 6.61 Å². The van der Waals surface area contributed by atoms with Gasteiger partial charge in [-0.3, -0.25) is 4.18 Å². The highest BCUT2D eigenvalue weighted by Gasteiger charge is 2.26. The Hall–Kier alpha value is 0.0869. The fraction of sp³-hybridized carbons (Fsp3) is 1.00. The van der Waals surface area contributed by atoms with Crippen molar-refractivity contribution in [1.29, 1.82) is 0 Å². The summed E-state index contributed by atoms with van der Waals surface area (Å²) in [4.78, 5) is 0. The molecule has 0 aliphatic rings. The molecule has 0 fully saturated rings. The zero-order valence-electron chi connectivity index (χ0n) is 10.2. The molecule has 0 atom stereocenters. The third-order valence-electron chi connectivity index (χ3n) is 1.79. The molecule has 0 saturated heterocycles. The molecule has 15 heavy (non-hydrogen) atoms. The maximum atomic E-state index is 11.2. The summed E-state index contributed by atoms with van der Waals surface area (Å²) in [6.45, 7) is 10.1. The van der Waals surface area contributed by atoms with Crippen molar-refractivity contribution in [2.75, 3.05) is 12.5 Å². The Morgan fingerprint density at radius 2 is 1.80 bits per heavy atom. The molecule has 92 valence electrons. The van der Waals surface area contributed by atoms with Gasteiger partial charge in [0, 0.05) is 0 Å². The maximum absolute atomic E-state index is 11.2. The van der Waals surface area contributed by atoms with E-state index in [0.29, 0.717) is 5.92 Å². The Balaban J connectivity index is 4.14. The highest BCUT2D eigenvalue weighted by Crippen LogP contribution is 2.18. The summed E-state index contributed by atoms with van der Waals surface area (Å²) >= 11 is 0. The van der Waals surface area contributed by atoms with Crippen LogP contribution in [0.2, 0.25) is 19.1 Å². The van der Waals surface area contributed by atoms with Crippen molar-refractivity contribution in [3.05, 3.63) is 0 Å². The molecule has 0 unspecified atom stereocenters. The quantitative estimate of drug-likeness (QED) is 0.516. The molecule has 6 heteroatoms. The molecule has 0 N–H and O–H groups in total. The molecule has 4 nitrogen and oxygen atoms in total. The number of rotatable bonds is 7. The molecule has 0 heterocycles. The van der Waals surface area contributed by atoms with E-state index < -0.39 is 18.4 Å². The zero-order valence-corrected chi connectivity index (χ0v) is 12.1. The Morgan fingerprint density at radius 3 is 2.20 bits per heavy atom. The average Bonchev–Trinajstić information content (AvgIpc) is 1.99. The molecule has 0 aliphatic carbocycles. The Morgan fingerprint density at radius 1 is 1.27 bits per heavy atom. The zero-order chi connectivity index (χ0) is 12.1. The van der Waals surface area contributed by atoms with Crippen LogP contribution >= 0.6 is 0 Å². The minimum Gasteiger partial charge on any atom is -0.402 e. The van der Waals surface area contributed by atoms with Crippen molar-refractivity contribution in [1.82, 2.24) is 0 Å². The second-order valence-corrected chi connectivity index (χ2v) is 10.4. The predicted molar refractivity (Wildman–Crippen MR) is 63.6 cm³/mol. The second-order valence-electron chi connectivity index (χ2n) is 4.58. The van der Waals surface area contributed by atoms with E-state index in [1.807, 2.05) is 13.1 Å². The van der Waals surface area contributed by atoms with E-state index >= 15 is 0 Å². The third-order valence-corrected chi connectivity index (χ3v) is 5.73. The molecule has 0 aliphatic heterocycles. The lowest BCUT2D eigenvalue weighted by Gasteiger charge is -2.24. The summed E-state index contributed by atoms with van der Waals surface area (Å²) in [5.41, 5.74) is 0. The fourth-order valence-electron chi connectivity index (χ4n) is 1.49. The minimum atomic E-state index is -3.49. The minimum absolute atomic E-state index is 0.165. The van der Waals surface area contributed by atoms with Crippen molar-refractivity contribution in [3.8, 4) is 0 Å². The lowest BCUT2D eigenvalue weighted by atomic mass is 10.3. The normalized spacial score (nSPS) is 13.5. The molecule has 0 spiro atoms. The first kappa shape index (κ1) is 15.1. The molecule has 0 radical (unpaired) electrons. The van der Waals surface area contributed by atoms with E-state index in [1.165, 1.54) is 0 Å². The van der Waals surface area contributed by atoms with Crippen LogP contribution in [0.4, 0.5) is 0 Å². The van der Waals surface area contributed by atoms with E-state index in [0.717, 1.165) is 6.04 Å². The highest BCUT2D eigenvalue weighted by molar-refractivity contribution is 7.86. The smallest absolute Gasteiger partial charge is 0.290 e. The summed E-state index contributed by atoms with van der Waals surface area (Å²) < 4.78 is 32.6. The molecule has 0 amide bonds. The van der Waals surface area contributed by atoms with Gasteiger partial charge in [-0.05, 0) is 32.0 Å². The van der Waals surface area contributed by atoms with Crippen molar-refractivity contribution in [2.24, 2.45) is 5.92 Å². The lowest BCUT2D eigenvalue weighted by molar-refractivity contribution is 0.293. The fourth-order valence-corrected chi connectivity index (χ4v) is 5.85. The summed E-state index contributed by atoms with van der Waals surface area (Å²) in [5, 5.41) is 0. The van der Waals surface area contributed by atoms with Gasteiger partial charge in [-0.15, -0.1) is 0 Å². The van der Waals surface area contributed by atoms with E-state index in [9.17, 15) is 8.42 Å². The van der Waals surface area contributed by atoms with Crippen LogP contribution in [0.3, 0.4) is 0 Å². The van der Waals surface area contributed by atoms with Gasteiger partial charge >= 0.3 is 0 Å². The van der Waals surface area contributed by atoms with E-state index in [-0.39, 0.29) is 12.5 Å². The summed E-state index contributed by atoms with van der Waals surface area (Å²) in [6, 6.07) is 0.953. The molecule has 0 saturated carbocycles. The first-order valence-corrected chi connectivity index (χ1v) is 9.89. The second kappa shape index (κ2) is 5.98. The Labute approximate surface area is 94.2 Å². The summed E-state index contributed by atoms with van der Waals surface area (Å²) in [7, 11) is -5.35. The Kier molecular flexibility index (Phi) is 6.01. The van der Waals surface area contributed by atoms with Gasteiger partial charge in [0.2, 0.25) is 0 Å². The van der Waals surface area contributed by atoms with Gasteiger partial charge in [-0.1, -0.05) is 13.8 Å². The highest BCUT2D eigenvalue weighted by atomic mass is 32.2. The van der Waals surface area contributed by atoms with E-state index in [4.69, 9.17) is 4.43 Å². The third kappa shape index (κ3) is 7.95. The van der Waals surface area contributed by atoms with Gasteiger partial charge in [0.15, 0.2) is 14.3 Å². The van der Waals surface area contributed by atoms with Gasteiger partial charge < -0.3 is 4.43 Å². The number of hydrogen-bond acceptors (Lipinski definition) is 4.